The predicted octanol–water partition coefficient (Wildman–Crippen LogP) is 2.96. The zero-order valence-corrected chi connectivity index (χ0v) is 14.7. The van der Waals surface area contributed by atoms with Gasteiger partial charge in [0.15, 0.2) is 0 Å². The quantitative estimate of drug-likeness (QED) is 0.817. The van der Waals surface area contributed by atoms with Crippen molar-refractivity contribution in [2.24, 2.45) is 0 Å². The summed E-state index contributed by atoms with van der Waals surface area (Å²) in [6, 6.07) is 18.7. The summed E-state index contributed by atoms with van der Waals surface area (Å²) in [6.45, 7) is 2.03. The Morgan fingerprint density at radius 1 is 1.20 bits per heavy atom. The molecule has 4 heteroatoms. The summed E-state index contributed by atoms with van der Waals surface area (Å²) >= 11 is 0. The van der Waals surface area contributed by atoms with E-state index < -0.39 is 5.60 Å². The molecule has 0 fully saturated rings. The number of fused-ring (bicyclic) bond motifs is 1. The fraction of sp³-hybridized carbons (Fsp3) is 0.381. The van der Waals surface area contributed by atoms with Crippen LogP contribution in [0.4, 0.5) is 5.69 Å². The first-order valence-corrected chi connectivity index (χ1v) is 8.81. The second-order valence-corrected chi connectivity index (χ2v) is 6.79. The number of rotatable bonds is 7. The molecule has 0 aliphatic heterocycles. The molecule has 0 bridgehead atoms. The molecule has 0 aromatic heterocycles. The van der Waals surface area contributed by atoms with E-state index in [4.69, 9.17) is 5.26 Å². The Balaban J connectivity index is 1.54. The van der Waals surface area contributed by atoms with Crippen LogP contribution in [0.2, 0.25) is 0 Å². The van der Waals surface area contributed by atoms with E-state index >= 15 is 0 Å². The average molecular weight is 335 g/mol. The van der Waals surface area contributed by atoms with Gasteiger partial charge >= 0.3 is 0 Å². The van der Waals surface area contributed by atoms with Crippen molar-refractivity contribution in [1.82, 2.24) is 5.32 Å². The summed E-state index contributed by atoms with van der Waals surface area (Å²) < 4.78 is 0. The van der Waals surface area contributed by atoms with E-state index in [9.17, 15) is 5.11 Å². The Bertz CT molecular complexity index is 750. The van der Waals surface area contributed by atoms with Crippen molar-refractivity contribution in [1.29, 1.82) is 5.26 Å². The van der Waals surface area contributed by atoms with Gasteiger partial charge < -0.3 is 15.3 Å². The Labute approximate surface area is 149 Å². The van der Waals surface area contributed by atoms with Crippen LogP contribution in [-0.2, 0) is 18.6 Å². The smallest absolute Gasteiger partial charge is 0.103 e. The van der Waals surface area contributed by atoms with Gasteiger partial charge in [0.1, 0.15) is 5.60 Å². The summed E-state index contributed by atoms with van der Waals surface area (Å²) in [5.74, 6) is 0. The standard InChI is InChI=1S/C21H25N3O/c1-24(14-4-13-22)19-9-7-17(8-10-19)15-23-16-21(25)12-11-18-5-2-3-6-20(18)21/h2-3,5-10,23,25H,4,11-12,14-16H2,1H3. The van der Waals surface area contributed by atoms with Gasteiger partial charge in [-0.2, -0.15) is 5.26 Å². The van der Waals surface area contributed by atoms with Crippen molar-refractivity contribution in [3.05, 3.63) is 65.2 Å². The second-order valence-electron chi connectivity index (χ2n) is 6.79. The molecule has 0 heterocycles. The van der Waals surface area contributed by atoms with E-state index in [1.165, 1.54) is 11.1 Å². The monoisotopic (exact) mass is 335 g/mol. The molecule has 1 unspecified atom stereocenters. The molecule has 25 heavy (non-hydrogen) atoms. The van der Waals surface area contributed by atoms with E-state index in [0.717, 1.165) is 37.2 Å². The third-order valence-electron chi connectivity index (χ3n) is 5.01. The molecule has 130 valence electrons. The van der Waals surface area contributed by atoms with Gasteiger partial charge in [-0.05, 0) is 41.7 Å². The van der Waals surface area contributed by atoms with Crippen molar-refractivity contribution < 1.29 is 5.11 Å². The molecule has 0 spiro atoms. The van der Waals surface area contributed by atoms with Crippen molar-refractivity contribution in [2.75, 3.05) is 25.0 Å². The maximum absolute atomic E-state index is 10.9. The van der Waals surface area contributed by atoms with Crippen LogP contribution < -0.4 is 10.2 Å². The normalized spacial score (nSPS) is 18.6. The average Bonchev–Trinajstić information content (AvgIpc) is 2.98. The number of aliphatic hydroxyl groups is 1. The number of hydrogen-bond acceptors (Lipinski definition) is 4. The lowest BCUT2D eigenvalue weighted by molar-refractivity contribution is 0.0384. The molecule has 2 aromatic carbocycles. The number of nitrogens with zero attached hydrogens (tertiary/aromatic N) is 2. The van der Waals surface area contributed by atoms with Crippen molar-refractivity contribution in [3.63, 3.8) is 0 Å². The minimum Gasteiger partial charge on any atom is -0.384 e. The van der Waals surface area contributed by atoms with E-state index in [1.807, 2.05) is 25.2 Å². The third-order valence-corrected chi connectivity index (χ3v) is 5.01. The van der Waals surface area contributed by atoms with Gasteiger partial charge in [-0.15, -0.1) is 0 Å². The Hall–Kier alpha value is -2.35. The van der Waals surface area contributed by atoms with Crippen LogP contribution in [0.1, 0.15) is 29.5 Å². The highest BCUT2D eigenvalue weighted by atomic mass is 16.3. The topological polar surface area (TPSA) is 59.3 Å². The van der Waals surface area contributed by atoms with Crippen molar-refractivity contribution in [3.8, 4) is 6.07 Å². The molecule has 3 rings (SSSR count). The van der Waals surface area contributed by atoms with Gasteiger partial charge in [0.25, 0.3) is 0 Å². The number of aryl methyl sites for hydroxylation is 1. The summed E-state index contributed by atoms with van der Waals surface area (Å²) in [4.78, 5) is 2.08. The first kappa shape index (κ1) is 17.5. The lowest BCUT2D eigenvalue weighted by atomic mass is 9.96. The zero-order valence-electron chi connectivity index (χ0n) is 14.7. The van der Waals surface area contributed by atoms with Gasteiger partial charge in [0, 0.05) is 32.4 Å². The lowest BCUT2D eigenvalue weighted by Gasteiger charge is -2.24. The lowest BCUT2D eigenvalue weighted by Crippen LogP contribution is -2.36. The molecule has 4 nitrogen and oxygen atoms in total. The van der Waals surface area contributed by atoms with Crippen LogP contribution in [-0.4, -0.2) is 25.2 Å². The molecular weight excluding hydrogens is 310 g/mol. The van der Waals surface area contributed by atoms with Gasteiger partial charge in [-0.3, -0.25) is 0 Å². The van der Waals surface area contributed by atoms with Crippen LogP contribution >= 0.6 is 0 Å². The van der Waals surface area contributed by atoms with Gasteiger partial charge in [0.05, 0.1) is 12.5 Å². The predicted molar refractivity (Wildman–Crippen MR) is 100 cm³/mol. The van der Waals surface area contributed by atoms with Gasteiger partial charge in [-0.25, -0.2) is 0 Å². The fourth-order valence-electron chi connectivity index (χ4n) is 3.48. The van der Waals surface area contributed by atoms with Gasteiger partial charge in [-0.1, -0.05) is 36.4 Å². The van der Waals surface area contributed by atoms with E-state index in [2.05, 4.69) is 46.6 Å². The summed E-state index contributed by atoms with van der Waals surface area (Å²) in [7, 11) is 2.00. The number of nitrogens with one attached hydrogen (secondary N) is 1. The molecule has 2 aromatic rings. The van der Waals surface area contributed by atoms with Crippen LogP contribution in [0.15, 0.2) is 48.5 Å². The first-order valence-electron chi connectivity index (χ1n) is 8.81. The van der Waals surface area contributed by atoms with E-state index in [-0.39, 0.29) is 0 Å². The molecule has 0 radical (unpaired) electrons. The number of benzene rings is 2. The summed E-state index contributed by atoms with van der Waals surface area (Å²) in [5, 5.41) is 23.0. The van der Waals surface area contributed by atoms with Crippen LogP contribution in [0.5, 0.6) is 0 Å². The maximum atomic E-state index is 10.9. The largest absolute Gasteiger partial charge is 0.384 e. The van der Waals surface area contributed by atoms with E-state index in [1.54, 1.807) is 0 Å². The number of hydrogen-bond donors (Lipinski definition) is 2. The van der Waals surface area contributed by atoms with Crippen LogP contribution in [0.3, 0.4) is 0 Å². The molecule has 2 N–H and O–H groups in total. The fourth-order valence-corrected chi connectivity index (χ4v) is 3.48. The van der Waals surface area contributed by atoms with E-state index in [0.29, 0.717) is 13.0 Å². The summed E-state index contributed by atoms with van der Waals surface area (Å²) in [5.41, 5.74) is 3.87. The number of nitriles is 1. The first-order chi connectivity index (χ1) is 12.1. The molecular formula is C21H25N3O. The molecule has 1 aliphatic carbocycles. The Morgan fingerprint density at radius 2 is 1.96 bits per heavy atom. The molecule has 0 saturated carbocycles. The van der Waals surface area contributed by atoms with Crippen LogP contribution in [0, 0.1) is 11.3 Å². The number of anilines is 1. The second kappa shape index (κ2) is 7.69. The molecule has 1 atom stereocenters. The maximum Gasteiger partial charge on any atom is 0.103 e. The van der Waals surface area contributed by atoms with Gasteiger partial charge in [0.2, 0.25) is 0 Å². The Morgan fingerprint density at radius 3 is 2.72 bits per heavy atom. The highest BCUT2D eigenvalue weighted by Crippen LogP contribution is 2.36. The SMILES string of the molecule is CN(CCC#N)c1ccc(CNCC2(O)CCc3ccccc32)cc1. The highest BCUT2D eigenvalue weighted by Gasteiger charge is 2.35. The molecule has 0 amide bonds. The minimum atomic E-state index is -0.756. The summed E-state index contributed by atoms with van der Waals surface area (Å²) in [6.07, 6.45) is 2.25. The Kier molecular flexibility index (Phi) is 5.37. The van der Waals surface area contributed by atoms with Crippen molar-refractivity contribution >= 4 is 5.69 Å². The highest BCUT2D eigenvalue weighted by molar-refractivity contribution is 5.47. The van der Waals surface area contributed by atoms with Crippen LogP contribution in [0.25, 0.3) is 0 Å². The van der Waals surface area contributed by atoms with Crippen molar-refractivity contribution in [2.45, 2.75) is 31.4 Å². The minimum absolute atomic E-state index is 0.528. The zero-order chi connectivity index (χ0) is 17.7. The molecule has 0 saturated heterocycles. The third kappa shape index (κ3) is 4.01. The molecule has 1 aliphatic rings.